The van der Waals surface area contributed by atoms with Crippen molar-refractivity contribution in [2.75, 3.05) is 11.9 Å². The Labute approximate surface area is 161 Å². The van der Waals surface area contributed by atoms with Gasteiger partial charge in [-0.1, -0.05) is 0 Å². The Morgan fingerprint density at radius 1 is 1.03 bits per heavy atom. The lowest BCUT2D eigenvalue weighted by Gasteiger charge is -2.29. The smallest absolute Gasteiger partial charge is 0.376 e. The van der Waals surface area contributed by atoms with Crippen LogP contribution < -0.4 is 4.90 Å². The lowest BCUT2D eigenvalue weighted by atomic mass is 9.94. The van der Waals surface area contributed by atoms with Crippen molar-refractivity contribution in [1.29, 1.82) is 0 Å². The quantitative estimate of drug-likeness (QED) is 0.591. The molecule has 1 N–H and O–H groups in total. The third-order valence-electron chi connectivity index (χ3n) is 4.23. The summed E-state index contributed by atoms with van der Waals surface area (Å²) >= 11 is 0. The van der Waals surface area contributed by atoms with E-state index in [9.17, 15) is 43.3 Å². The largest absolute Gasteiger partial charge is 0.423 e. The number of aliphatic hydroxyl groups is 1. The normalized spacial score (nSPS) is 13.4. The fourth-order valence-electron chi connectivity index (χ4n) is 2.59. The van der Waals surface area contributed by atoms with Gasteiger partial charge in [0, 0.05) is 30.9 Å². The van der Waals surface area contributed by atoms with Crippen LogP contribution in [0.2, 0.25) is 0 Å². The molecule has 0 saturated heterocycles. The van der Waals surface area contributed by atoms with Crippen molar-refractivity contribution < 1.29 is 32.9 Å². The number of hydrogen-bond donors (Lipinski definition) is 1. The van der Waals surface area contributed by atoms with E-state index in [0.29, 0.717) is 17.0 Å². The highest BCUT2D eigenvalue weighted by Gasteiger charge is 2.40. The van der Waals surface area contributed by atoms with E-state index in [0.717, 1.165) is 44.3 Å². The summed E-state index contributed by atoms with van der Waals surface area (Å²) in [6.07, 6.45) is -5.04. The van der Waals surface area contributed by atoms with Crippen molar-refractivity contribution in [3.63, 3.8) is 0 Å². The van der Waals surface area contributed by atoms with Crippen LogP contribution >= 0.6 is 0 Å². The maximum atomic E-state index is 13.1. The first kappa shape index (κ1) is 21.8. The average Bonchev–Trinajstić information content (AvgIpc) is 2.65. The Balaban J connectivity index is 2.42. The minimum absolute atomic E-state index is 0.0297. The predicted octanol–water partition coefficient (Wildman–Crippen LogP) is 3.39. The highest BCUT2D eigenvalue weighted by atomic mass is 19.4. The number of nitrogens with zero attached hydrogens (tertiary/aromatic N) is 3. The maximum Gasteiger partial charge on any atom is 0.423 e. The molecule has 0 heterocycles. The van der Waals surface area contributed by atoms with Gasteiger partial charge >= 0.3 is 6.18 Å². The molecule has 0 aliphatic rings. The highest BCUT2D eigenvalue weighted by molar-refractivity contribution is 5.99. The number of amides is 1. The summed E-state index contributed by atoms with van der Waals surface area (Å²) in [7, 11) is 1.09. The van der Waals surface area contributed by atoms with Crippen LogP contribution in [0.4, 0.5) is 30.2 Å². The van der Waals surface area contributed by atoms with Crippen molar-refractivity contribution >= 4 is 23.0 Å². The molecule has 0 aromatic heterocycles. The molecule has 0 aliphatic heterocycles. The van der Waals surface area contributed by atoms with Crippen LogP contribution in [-0.4, -0.2) is 27.9 Å². The summed E-state index contributed by atoms with van der Waals surface area (Å²) in [4.78, 5) is 33.1. The number of rotatable bonds is 5. The zero-order valence-electron chi connectivity index (χ0n) is 15.0. The van der Waals surface area contributed by atoms with E-state index < -0.39 is 38.8 Å². The van der Waals surface area contributed by atoms with Crippen molar-refractivity contribution in [1.82, 2.24) is 0 Å². The molecule has 0 aliphatic carbocycles. The van der Waals surface area contributed by atoms with Crippen LogP contribution in [0.25, 0.3) is 0 Å². The van der Waals surface area contributed by atoms with E-state index in [1.54, 1.807) is 0 Å². The SMILES string of the molecule is CN(C(=O)C(C)(O)c1ccc([N+](=O)[O-])cc1)c1ccc([N+](=O)[O-])c(C(F)(F)F)c1. The number of carbonyl (C=O) groups is 1. The van der Waals surface area contributed by atoms with Crippen LogP contribution in [-0.2, 0) is 16.6 Å². The Bertz CT molecular complexity index is 973. The topological polar surface area (TPSA) is 127 Å². The van der Waals surface area contributed by atoms with Gasteiger partial charge in [0.1, 0.15) is 5.56 Å². The van der Waals surface area contributed by atoms with Crippen molar-refractivity contribution in [2.45, 2.75) is 18.7 Å². The van der Waals surface area contributed by atoms with E-state index >= 15 is 0 Å². The second kappa shape index (κ2) is 7.47. The number of likely N-dealkylation sites (N-methyl/N-ethyl adjacent to an activating group) is 1. The van der Waals surface area contributed by atoms with Crippen LogP contribution in [0.1, 0.15) is 18.1 Å². The number of carbonyl (C=O) groups excluding carboxylic acids is 1. The molecule has 29 heavy (non-hydrogen) atoms. The first-order chi connectivity index (χ1) is 13.3. The molecule has 1 unspecified atom stereocenters. The second-order valence-electron chi connectivity index (χ2n) is 6.20. The fraction of sp³-hybridized carbons (Fsp3) is 0.235. The van der Waals surface area contributed by atoms with Gasteiger partial charge in [0.05, 0.1) is 9.85 Å². The molecule has 2 rings (SSSR count). The lowest BCUT2D eigenvalue weighted by Crippen LogP contribution is -2.43. The van der Waals surface area contributed by atoms with Crippen molar-refractivity contribution in [3.05, 3.63) is 73.8 Å². The second-order valence-corrected chi connectivity index (χ2v) is 6.20. The molecule has 1 amide bonds. The Hall–Kier alpha value is -3.54. The Morgan fingerprint density at radius 2 is 1.59 bits per heavy atom. The van der Waals surface area contributed by atoms with Crippen LogP contribution in [0.3, 0.4) is 0 Å². The van der Waals surface area contributed by atoms with Gasteiger partial charge in [-0.05, 0) is 36.8 Å². The Morgan fingerprint density at radius 3 is 2.03 bits per heavy atom. The number of halogens is 3. The molecule has 154 valence electrons. The maximum absolute atomic E-state index is 13.1. The molecule has 9 nitrogen and oxygen atoms in total. The van der Waals surface area contributed by atoms with E-state index in [1.165, 1.54) is 0 Å². The molecular weight excluding hydrogens is 399 g/mol. The zero-order chi connectivity index (χ0) is 22.1. The molecule has 0 spiro atoms. The molecule has 0 fully saturated rings. The minimum atomic E-state index is -5.04. The fourth-order valence-corrected chi connectivity index (χ4v) is 2.59. The molecule has 1 atom stereocenters. The minimum Gasteiger partial charge on any atom is -0.376 e. The number of hydrogen-bond acceptors (Lipinski definition) is 6. The first-order valence-electron chi connectivity index (χ1n) is 7.88. The van der Waals surface area contributed by atoms with Gasteiger partial charge in [-0.2, -0.15) is 13.2 Å². The van der Waals surface area contributed by atoms with Crippen molar-refractivity contribution in [3.8, 4) is 0 Å². The van der Waals surface area contributed by atoms with Crippen LogP contribution in [0.5, 0.6) is 0 Å². The molecule has 0 radical (unpaired) electrons. The summed E-state index contributed by atoms with van der Waals surface area (Å²) in [5, 5.41) is 32.1. The zero-order valence-corrected chi connectivity index (χ0v) is 15.0. The third-order valence-corrected chi connectivity index (χ3v) is 4.23. The molecule has 12 heteroatoms. The number of nitro benzene ring substituents is 2. The molecule has 0 saturated carbocycles. The summed E-state index contributed by atoms with van der Waals surface area (Å²) in [5.74, 6) is -1.05. The summed E-state index contributed by atoms with van der Waals surface area (Å²) < 4.78 is 39.4. The average molecular weight is 413 g/mol. The summed E-state index contributed by atoms with van der Waals surface area (Å²) in [5.41, 5.74) is -5.60. The number of alkyl halides is 3. The third kappa shape index (κ3) is 4.32. The highest BCUT2D eigenvalue weighted by Crippen LogP contribution is 2.38. The van der Waals surface area contributed by atoms with Gasteiger partial charge < -0.3 is 10.0 Å². The van der Waals surface area contributed by atoms with E-state index in [4.69, 9.17) is 0 Å². The van der Waals surface area contributed by atoms with E-state index in [1.807, 2.05) is 0 Å². The van der Waals surface area contributed by atoms with Gasteiger partial charge in [-0.15, -0.1) is 0 Å². The molecule has 0 bridgehead atoms. The van der Waals surface area contributed by atoms with E-state index in [-0.39, 0.29) is 16.9 Å². The number of nitro groups is 2. The van der Waals surface area contributed by atoms with Crippen LogP contribution in [0.15, 0.2) is 42.5 Å². The lowest BCUT2D eigenvalue weighted by molar-refractivity contribution is -0.388. The van der Waals surface area contributed by atoms with Gasteiger partial charge in [0.25, 0.3) is 17.3 Å². The van der Waals surface area contributed by atoms with Gasteiger partial charge in [-0.25, -0.2) is 0 Å². The number of benzene rings is 2. The van der Waals surface area contributed by atoms with Gasteiger partial charge in [0.15, 0.2) is 5.60 Å². The number of anilines is 1. The first-order valence-corrected chi connectivity index (χ1v) is 7.88. The van der Waals surface area contributed by atoms with Gasteiger partial charge in [-0.3, -0.25) is 25.0 Å². The van der Waals surface area contributed by atoms with Gasteiger partial charge in [0.2, 0.25) is 0 Å². The standard InChI is InChI=1S/C17H14F3N3O6/c1-16(25,10-3-5-11(6-4-10)22(26)27)15(24)21(2)12-7-8-14(23(28)29)13(9-12)17(18,19)20/h3-9,25H,1-2H3. The molecule has 2 aromatic rings. The monoisotopic (exact) mass is 413 g/mol. The summed E-state index contributed by atoms with van der Waals surface area (Å²) in [6.45, 7) is 1.07. The molecule has 2 aromatic carbocycles. The van der Waals surface area contributed by atoms with E-state index in [2.05, 4.69) is 0 Å². The van der Waals surface area contributed by atoms with Crippen molar-refractivity contribution in [2.24, 2.45) is 0 Å². The molecular formula is C17H14F3N3O6. The predicted molar refractivity (Wildman–Crippen MR) is 94.2 cm³/mol. The summed E-state index contributed by atoms with van der Waals surface area (Å²) in [6, 6.07) is 6.39. The van der Waals surface area contributed by atoms with Crippen LogP contribution in [0, 0.1) is 20.2 Å². The number of non-ortho nitro benzene ring substituents is 1. The Kier molecular flexibility index (Phi) is 5.60.